The van der Waals surface area contributed by atoms with Crippen LogP contribution in [0.4, 0.5) is 0 Å². The zero-order chi connectivity index (χ0) is 10.6. The molecule has 0 aliphatic carbocycles. The second-order valence-corrected chi connectivity index (χ2v) is 3.86. The predicted octanol–water partition coefficient (Wildman–Crippen LogP) is 2.29. The lowest BCUT2D eigenvalue weighted by Crippen LogP contribution is -2.12. The van der Waals surface area contributed by atoms with Crippen LogP contribution in [0.1, 0.15) is 35.8 Å². The summed E-state index contributed by atoms with van der Waals surface area (Å²) in [5.74, 6) is -0.452. The van der Waals surface area contributed by atoms with E-state index in [4.69, 9.17) is 5.73 Å². The fraction of sp³-hybridized carbons (Fsp3) is 0.400. The lowest BCUT2D eigenvalue weighted by Gasteiger charge is -2.02. The second kappa shape index (κ2) is 5.10. The molecule has 0 aliphatic heterocycles. The molecule has 1 amide bonds. The van der Waals surface area contributed by atoms with E-state index in [-0.39, 0.29) is 0 Å². The highest BCUT2D eigenvalue weighted by Gasteiger charge is 2.07. The molecule has 14 heavy (non-hydrogen) atoms. The molecule has 2 N–H and O–H groups in total. The molecule has 0 fully saturated rings. The van der Waals surface area contributed by atoms with E-state index in [1.54, 1.807) is 6.07 Å². The Balaban J connectivity index is 2.83. The number of primary amides is 1. The zero-order valence-corrected chi connectivity index (χ0v) is 9.67. The maximum Gasteiger partial charge on any atom is 0.251 e. The molecule has 0 aromatic carbocycles. The van der Waals surface area contributed by atoms with Gasteiger partial charge in [0, 0.05) is 5.69 Å². The molecule has 1 rings (SSSR count). The molecule has 0 saturated carbocycles. The minimum Gasteiger partial charge on any atom is -0.366 e. The summed E-state index contributed by atoms with van der Waals surface area (Å²) in [5.41, 5.74) is 6.58. The van der Waals surface area contributed by atoms with Crippen LogP contribution in [0.15, 0.2) is 16.7 Å². The Morgan fingerprint density at radius 3 is 2.79 bits per heavy atom. The summed E-state index contributed by atoms with van der Waals surface area (Å²) < 4.78 is 0.540. The first kappa shape index (κ1) is 11.2. The Morgan fingerprint density at radius 2 is 2.29 bits per heavy atom. The van der Waals surface area contributed by atoms with Crippen molar-refractivity contribution in [3.63, 3.8) is 0 Å². The summed E-state index contributed by atoms with van der Waals surface area (Å²) >= 11 is 3.23. The number of aromatic nitrogens is 1. The zero-order valence-electron chi connectivity index (χ0n) is 8.09. The molecule has 3 nitrogen and oxygen atoms in total. The van der Waals surface area contributed by atoms with Gasteiger partial charge in [0.2, 0.25) is 0 Å². The normalized spacial score (nSPS) is 10.1. The summed E-state index contributed by atoms with van der Waals surface area (Å²) in [7, 11) is 0. The van der Waals surface area contributed by atoms with Gasteiger partial charge < -0.3 is 5.73 Å². The van der Waals surface area contributed by atoms with Crippen LogP contribution in [0.5, 0.6) is 0 Å². The van der Waals surface area contributed by atoms with Crippen molar-refractivity contribution in [2.24, 2.45) is 5.73 Å². The van der Waals surface area contributed by atoms with Gasteiger partial charge >= 0.3 is 0 Å². The fourth-order valence-corrected chi connectivity index (χ4v) is 1.71. The quantitative estimate of drug-likeness (QED) is 0.841. The van der Waals surface area contributed by atoms with Crippen molar-refractivity contribution in [3.8, 4) is 0 Å². The third kappa shape index (κ3) is 2.80. The van der Waals surface area contributed by atoms with E-state index in [0.29, 0.717) is 10.2 Å². The number of nitrogens with two attached hydrogens (primary N) is 1. The topological polar surface area (TPSA) is 56.0 Å². The standard InChI is InChI=1S/C10H13BrN2O/c1-2-3-4-7-5-6-8(10(12)14)9(11)13-7/h5-6H,2-4H2,1H3,(H2,12,14). The highest BCUT2D eigenvalue weighted by Crippen LogP contribution is 2.15. The molecule has 0 radical (unpaired) electrons. The summed E-state index contributed by atoms with van der Waals surface area (Å²) in [6, 6.07) is 3.56. The number of carbonyl (C=O) groups excluding carboxylic acids is 1. The highest BCUT2D eigenvalue weighted by molar-refractivity contribution is 9.10. The Hall–Kier alpha value is -0.900. The second-order valence-electron chi connectivity index (χ2n) is 3.11. The van der Waals surface area contributed by atoms with Crippen LogP contribution < -0.4 is 5.73 Å². The third-order valence-corrected chi connectivity index (χ3v) is 2.56. The van der Waals surface area contributed by atoms with Crippen LogP contribution in [0.25, 0.3) is 0 Å². The molecule has 1 heterocycles. The Labute approximate surface area is 91.8 Å². The summed E-state index contributed by atoms with van der Waals surface area (Å²) in [6.45, 7) is 2.13. The minimum absolute atomic E-state index is 0.435. The molecule has 76 valence electrons. The van der Waals surface area contributed by atoms with Crippen molar-refractivity contribution in [1.29, 1.82) is 0 Å². The van der Waals surface area contributed by atoms with E-state index >= 15 is 0 Å². The predicted molar refractivity (Wildman–Crippen MR) is 59.1 cm³/mol. The summed E-state index contributed by atoms with van der Waals surface area (Å²) in [5, 5.41) is 0. The Bertz CT molecular complexity index is 339. The minimum atomic E-state index is -0.452. The van der Waals surface area contributed by atoms with Crippen LogP contribution in [-0.4, -0.2) is 10.9 Å². The number of carbonyl (C=O) groups is 1. The number of amides is 1. The number of rotatable bonds is 4. The Morgan fingerprint density at radius 1 is 1.57 bits per heavy atom. The van der Waals surface area contributed by atoms with Gasteiger partial charge in [0.05, 0.1) is 5.56 Å². The van der Waals surface area contributed by atoms with Gasteiger partial charge in [-0.1, -0.05) is 13.3 Å². The molecular formula is C10H13BrN2O. The van der Waals surface area contributed by atoms with Gasteiger partial charge in [-0.15, -0.1) is 0 Å². The SMILES string of the molecule is CCCCc1ccc(C(N)=O)c(Br)n1. The van der Waals surface area contributed by atoms with E-state index in [9.17, 15) is 4.79 Å². The van der Waals surface area contributed by atoms with Gasteiger partial charge in [0.25, 0.3) is 5.91 Å². The number of nitrogens with zero attached hydrogens (tertiary/aromatic N) is 1. The lowest BCUT2D eigenvalue weighted by molar-refractivity contribution is 0.0999. The first-order chi connectivity index (χ1) is 6.65. The number of hydrogen-bond acceptors (Lipinski definition) is 2. The van der Waals surface area contributed by atoms with Crippen LogP contribution in [0, 0.1) is 0 Å². The first-order valence-corrected chi connectivity index (χ1v) is 5.39. The number of hydrogen-bond donors (Lipinski definition) is 1. The highest BCUT2D eigenvalue weighted by atomic mass is 79.9. The van der Waals surface area contributed by atoms with Crippen LogP contribution in [0.3, 0.4) is 0 Å². The molecule has 0 unspecified atom stereocenters. The van der Waals surface area contributed by atoms with Crippen molar-refractivity contribution in [2.75, 3.05) is 0 Å². The summed E-state index contributed by atoms with van der Waals surface area (Å²) in [4.78, 5) is 15.1. The number of pyridine rings is 1. The average molecular weight is 257 g/mol. The largest absolute Gasteiger partial charge is 0.366 e. The van der Waals surface area contributed by atoms with E-state index in [1.807, 2.05) is 6.07 Å². The van der Waals surface area contributed by atoms with Crippen LogP contribution in [-0.2, 0) is 6.42 Å². The molecule has 1 aromatic heterocycles. The van der Waals surface area contributed by atoms with Gasteiger partial charge in [-0.25, -0.2) is 4.98 Å². The fourth-order valence-electron chi connectivity index (χ4n) is 1.15. The van der Waals surface area contributed by atoms with Crippen LogP contribution in [0.2, 0.25) is 0 Å². The molecule has 0 aliphatic rings. The van der Waals surface area contributed by atoms with E-state index in [0.717, 1.165) is 25.0 Å². The van der Waals surface area contributed by atoms with Gasteiger partial charge in [-0.2, -0.15) is 0 Å². The van der Waals surface area contributed by atoms with Crippen molar-refractivity contribution in [1.82, 2.24) is 4.98 Å². The number of unbranched alkanes of at least 4 members (excludes halogenated alkanes) is 1. The van der Waals surface area contributed by atoms with Crippen LogP contribution >= 0.6 is 15.9 Å². The van der Waals surface area contributed by atoms with Crippen molar-refractivity contribution in [2.45, 2.75) is 26.2 Å². The number of aryl methyl sites for hydroxylation is 1. The molecule has 0 saturated heterocycles. The van der Waals surface area contributed by atoms with Gasteiger partial charge in [0.15, 0.2) is 0 Å². The number of halogens is 1. The first-order valence-electron chi connectivity index (χ1n) is 4.60. The third-order valence-electron chi connectivity index (χ3n) is 1.96. The average Bonchev–Trinajstić information content (AvgIpc) is 2.14. The lowest BCUT2D eigenvalue weighted by atomic mass is 10.1. The molecule has 0 bridgehead atoms. The van der Waals surface area contributed by atoms with E-state index in [1.165, 1.54) is 0 Å². The monoisotopic (exact) mass is 256 g/mol. The van der Waals surface area contributed by atoms with E-state index < -0.39 is 5.91 Å². The Kier molecular flexibility index (Phi) is 4.07. The molecule has 1 aromatic rings. The molecule has 0 atom stereocenters. The molecular weight excluding hydrogens is 244 g/mol. The maximum absolute atomic E-state index is 10.9. The summed E-state index contributed by atoms with van der Waals surface area (Å²) in [6.07, 6.45) is 3.18. The van der Waals surface area contributed by atoms with Gasteiger partial charge in [-0.05, 0) is 40.9 Å². The van der Waals surface area contributed by atoms with Crippen molar-refractivity contribution >= 4 is 21.8 Å². The maximum atomic E-state index is 10.9. The van der Waals surface area contributed by atoms with E-state index in [2.05, 4.69) is 27.8 Å². The van der Waals surface area contributed by atoms with Gasteiger partial charge in [0.1, 0.15) is 4.60 Å². The van der Waals surface area contributed by atoms with Crippen molar-refractivity contribution in [3.05, 3.63) is 28.0 Å². The molecule has 0 spiro atoms. The smallest absolute Gasteiger partial charge is 0.251 e. The molecule has 4 heteroatoms. The van der Waals surface area contributed by atoms with Crippen molar-refractivity contribution < 1.29 is 4.79 Å². The van der Waals surface area contributed by atoms with Gasteiger partial charge in [-0.3, -0.25) is 4.79 Å².